The molecule has 0 aliphatic carbocycles. The Morgan fingerprint density at radius 2 is 2.44 bits per heavy atom. The highest BCUT2D eigenvalue weighted by molar-refractivity contribution is 6.28. The minimum atomic E-state index is -0.610. The summed E-state index contributed by atoms with van der Waals surface area (Å²) in [4.78, 5) is 17.5. The van der Waals surface area contributed by atoms with Crippen LogP contribution in [0.3, 0.4) is 0 Å². The third-order valence-electron chi connectivity index (χ3n) is 2.12. The second-order valence-corrected chi connectivity index (χ2v) is 3.78. The molecule has 8 nitrogen and oxygen atoms in total. The molecular formula is C9H13ClN4O4. The molecule has 0 bridgehead atoms. The molecule has 1 atom stereocenters. The standard InChI is InChI=1S/C9H13ClN4O4/c1-18-5-6(2-3-15)12-8-7(14(16)17)4-11-9(10)13-8/h4,6,15H,2-3,5H2,1H3,(H,11,12,13). The van der Waals surface area contributed by atoms with Crippen LogP contribution in [0.1, 0.15) is 6.42 Å². The van der Waals surface area contributed by atoms with Gasteiger partial charge in [0.1, 0.15) is 6.20 Å². The molecule has 0 aliphatic heterocycles. The van der Waals surface area contributed by atoms with Gasteiger partial charge in [-0.05, 0) is 18.0 Å². The first kappa shape index (κ1) is 14.6. The molecule has 9 heteroatoms. The van der Waals surface area contributed by atoms with Crippen molar-refractivity contribution < 1.29 is 14.8 Å². The Balaban J connectivity index is 2.92. The lowest BCUT2D eigenvalue weighted by Crippen LogP contribution is -2.27. The molecule has 0 radical (unpaired) electrons. The Labute approximate surface area is 108 Å². The average molecular weight is 277 g/mol. The van der Waals surface area contributed by atoms with Crippen LogP contribution < -0.4 is 5.32 Å². The molecule has 0 saturated heterocycles. The number of aliphatic hydroxyl groups is 1. The Hall–Kier alpha value is -1.51. The van der Waals surface area contributed by atoms with Gasteiger partial charge in [-0.2, -0.15) is 4.98 Å². The van der Waals surface area contributed by atoms with Crippen molar-refractivity contribution in [1.29, 1.82) is 0 Å². The first-order valence-corrected chi connectivity index (χ1v) is 5.49. The summed E-state index contributed by atoms with van der Waals surface area (Å²) in [5.41, 5.74) is -0.279. The molecular weight excluding hydrogens is 264 g/mol. The zero-order valence-electron chi connectivity index (χ0n) is 9.67. The number of nitrogens with one attached hydrogen (secondary N) is 1. The van der Waals surface area contributed by atoms with Crippen LogP contribution >= 0.6 is 11.6 Å². The number of hydrogen-bond donors (Lipinski definition) is 2. The molecule has 1 unspecified atom stereocenters. The van der Waals surface area contributed by atoms with Gasteiger partial charge in [-0.25, -0.2) is 4.98 Å². The minimum absolute atomic E-state index is 0.00972. The van der Waals surface area contributed by atoms with Gasteiger partial charge in [-0.1, -0.05) is 0 Å². The van der Waals surface area contributed by atoms with Crippen molar-refractivity contribution in [3.05, 3.63) is 21.6 Å². The summed E-state index contributed by atoms with van der Waals surface area (Å²) in [6.07, 6.45) is 1.40. The first-order chi connectivity index (χ1) is 8.58. The Morgan fingerprint density at radius 1 is 1.72 bits per heavy atom. The predicted molar refractivity (Wildman–Crippen MR) is 64.7 cm³/mol. The van der Waals surface area contributed by atoms with E-state index in [0.717, 1.165) is 6.20 Å². The van der Waals surface area contributed by atoms with Crippen molar-refractivity contribution in [2.45, 2.75) is 12.5 Å². The van der Waals surface area contributed by atoms with E-state index in [1.807, 2.05) is 0 Å². The number of halogens is 1. The summed E-state index contributed by atoms with van der Waals surface area (Å²) in [5.74, 6) is 0.00972. The zero-order chi connectivity index (χ0) is 13.5. The molecule has 0 amide bonds. The number of rotatable bonds is 7. The largest absolute Gasteiger partial charge is 0.396 e. The van der Waals surface area contributed by atoms with Crippen molar-refractivity contribution in [3.63, 3.8) is 0 Å². The average Bonchev–Trinajstić information content (AvgIpc) is 2.29. The number of anilines is 1. The van der Waals surface area contributed by atoms with Crippen molar-refractivity contribution in [1.82, 2.24) is 9.97 Å². The van der Waals surface area contributed by atoms with E-state index in [2.05, 4.69) is 15.3 Å². The normalized spacial score (nSPS) is 12.2. The molecule has 18 heavy (non-hydrogen) atoms. The molecule has 0 aromatic carbocycles. The topological polar surface area (TPSA) is 110 Å². The van der Waals surface area contributed by atoms with Crippen molar-refractivity contribution in [3.8, 4) is 0 Å². The lowest BCUT2D eigenvalue weighted by atomic mass is 10.2. The van der Waals surface area contributed by atoms with Gasteiger partial charge < -0.3 is 15.2 Å². The summed E-state index contributed by atoms with van der Waals surface area (Å²) in [6.45, 7) is 0.201. The van der Waals surface area contributed by atoms with Crippen LogP contribution in [0.15, 0.2) is 6.20 Å². The van der Waals surface area contributed by atoms with Crippen molar-refractivity contribution in [2.24, 2.45) is 0 Å². The van der Waals surface area contributed by atoms with Crippen LogP contribution in [0, 0.1) is 10.1 Å². The summed E-state index contributed by atoms with van der Waals surface area (Å²) < 4.78 is 4.94. The number of hydrogen-bond acceptors (Lipinski definition) is 7. The van der Waals surface area contributed by atoms with Gasteiger partial charge in [0.15, 0.2) is 0 Å². The van der Waals surface area contributed by atoms with Gasteiger partial charge in [0, 0.05) is 13.7 Å². The number of aliphatic hydroxyl groups excluding tert-OH is 1. The van der Waals surface area contributed by atoms with E-state index in [-0.39, 0.29) is 36.0 Å². The summed E-state index contributed by atoms with van der Waals surface area (Å²) in [7, 11) is 1.49. The second kappa shape index (κ2) is 7.04. The monoisotopic (exact) mass is 276 g/mol. The molecule has 1 aromatic rings. The maximum Gasteiger partial charge on any atom is 0.329 e. The Kier molecular flexibility index (Phi) is 5.69. The fraction of sp³-hybridized carbons (Fsp3) is 0.556. The van der Waals surface area contributed by atoms with E-state index in [1.165, 1.54) is 7.11 Å². The quantitative estimate of drug-likeness (QED) is 0.431. The number of nitrogens with zero attached hydrogens (tertiary/aromatic N) is 3. The highest BCUT2D eigenvalue weighted by Crippen LogP contribution is 2.23. The van der Waals surface area contributed by atoms with E-state index >= 15 is 0 Å². The highest BCUT2D eigenvalue weighted by atomic mass is 35.5. The predicted octanol–water partition coefficient (Wildman–Crippen LogP) is 0.847. The van der Waals surface area contributed by atoms with Gasteiger partial charge in [0.05, 0.1) is 17.6 Å². The second-order valence-electron chi connectivity index (χ2n) is 3.44. The summed E-state index contributed by atoms with van der Waals surface area (Å²) >= 11 is 5.59. The number of nitro groups is 1. The summed E-state index contributed by atoms with van der Waals surface area (Å²) in [5, 5.41) is 22.4. The maximum atomic E-state index is 10.8. The fourth-order valence-electron chi connectivity index (χ4n) is 1.34. The van der Waals surface area contributed by atoms with E-state index in [1.54, 1.807) is 0 Å². The van der Waals surface area contributed by atoms with Gasteiger partial charge in [-0.15, -0.1) is 0 Å². The zero-order valence-corrected chi connectivity index (χ0v) is 10.4. The SMILES string of the molecule is COCC(CCO)Nc1nc(Cl)ncc1[N+](=O)[O-]. The van der Waals surface area contributed by atoms with E-state index in [4.69, 9.17) is 21.4 Å². The van der Waals surface area contributed by atoms with E-state index in [0.29, 0.717) is 6.42 Å². The first-order valence-electron chi connectivity index (χ1n) is 5.11. The molecule has 100 valence electrons. The molecule has 0 saturated carbocycles. The lowest BCUT2D eigenvalue weighted by molar-refractivity contribution is -0.384. The summed E-state index contributed by atoms with van der Waals surface area (Å²) in [6, 6.07) is -0.301. The number of ether oxygens (including phenoxy) is 1. The lowest BCUT2D eigenvalue weighted by Gasteiger charge is -2.17. The van der Waals surface area contributed by atoms with E-state index in [9.17, 15) is 10.1 Å². The number of aromatic nitrogens is 2. The smallest absolute Gasteiger partial charge is 0.329 e. The molecule has 0 aliphatic rings. The fourth-order valence-corrected chi connectivity index (χ4v) is 1.47. The van der Waals surface area contributed by atoms with Crippen LogP contribution in [0.2, 0.25) is 5.28 Å². The number of methoxy groups -OCH3 is 1. The van der Waals surface area contributed by atoms with Crippen LogP contribution in [-0.2, 0) is 4.74 Å². The molecule has 1 aromatic heterocycles. The minimum Gasteiger partial charge on any atom is -0.396 e. The molecule has 0 spiro atoms. The van der Waals surface area contributed by atoms with Crippen LogP contribution in [0.4, 0.5) is 11.5 Å². The highest BCUT2D eigenvalue weighted by Gasteiger charge is 2.19. The van der Waals surface area contributed by atoms with Crippen LogP contribution in [0.25, 0.3) is 0 Å². The maximum absolute atomic E-state index is 10.8. The molecule has 0 fully saturated rings. The van der Waals surface area contributed by atoms with E-state index < -0.39 is 4.92 Å². The van der Waals surface area contributed by atoms with Crippen molar-refractivity contribution >= 4 is 23.1 Å². The van der Waals surface area contributed by atoms with Crippen LogP contribution in [-0.4, -0.2) is 46.4 Å². The van der Waals surface area contributed by atoms with Gasteiger partial charge in [-0.3, -0.25) is 10.1 Å². The third kappa shape index (κ3) is 4.06. The third-order valence-corrected chi connectivity index (χ3v) is 2.31. The molecule has 2 N–H and O–H groups in total. The Morgan fingerprint density at radius 3 is 3.00 bits per heavy atom. The van der Waals surface area contributed by atoms with Gasteiger partial charge >= 0.3 is 5.69 Å². The van der Waals surface area contributed by atoms with Crippen molar-refractivity contribution in [2.75, 3.05) is 25.6 Å². The Bertz CT molecular complexity index is 412. The molecule has 1 rings (SSSR count). The van der Waals surface area contributed by atoms with Crippen LogP contribution in [0.5, 0.6) is 0 Å². The molecule has 1 heterocycles. The van der Waals surface area contributed by atoms with Gasteiger partial charge in [0.2, 0.25) is 11.1 Å². The van der Waals surface area contributed by atoms with Gasteiger partial charge in [0.25, 0.3) is 0 Å².